The largest absolute Gasteiger partial charge is 0.389 e. The molecule has 2 fully saturated rings. The Morgan fingerprint density at radius 2 is 2.09 bits per heavy atom. The molecule has 4 rings (SSSR count). The molecule has 124 valence electrons. The van der Waals surface area contributed by atoms with E-state index in [-0.39, 0.29) is 11.5 Å². The van der Waals surface area contributed by atoms with Crippen molar-refractivity contribution in [1.82, 2.24) is 15.1 Å². The number of aromatic amines is 1. The van der Waals surface area contributed by atoms with Gasteiger partial charge in [-0.1, -0.05) is 19.0 Å². The SMILES string of the molecule is CC(C)c1cc(C(=O)N2CC3C(C2)C3C2=NOC(C)(C)C2)n[nH]1. The molecule has 0 aromatic carbocycles. The van der Waals surface area contributed by atoms with Crippen LogP contribution in [0.25, 0.3) is 0 Å². The van der Waals surface area contributed by atoms with E-state index in [1.807, 2.05) is 11.0 Å². The Bertz CT molecular complexity index is 664. The lowest BCUT2D eigenvalue weighted by Gasteiger charge is -2.19. The Labute approximate surface area is 136 Å². The summed E-state index contributed by atoms with van der Waals surface area (Å²) in [5.74, 6) is 2.02. The van der Waals surface area contributed by atoms with Crippen LogP contribution < -0.4 is 0 Å². The molecule has 2 aliphatic heterocycles. The summed E-state index contributed by atoms with van der Waals surface area (Å²) in [5.41, 5.74) is 2.58. The maximum Gasteiger partial charge on any atom is 0.274 e. The van der Waals surface area contributed by atoms with Crippen molar-refractivity contribution in [2.45, 2.75) is 45.6 Å². The molecule has 3 aliphatic rings. The van der Waals surface area contributed by atoms with Gasteiger partial charge in [-0.05, 0) is 37.7 Å². The fraction of sp³-hybridized carbons (Fsp3) is 0.706. The monoisotopic (exact) mass is 316 g/mol. The van der Waals surface area contributed by atoms with Crippen LogP contribution >= 0.6 is 0 Å². The molecule has 6 nitrogen and oxygen atoms in total. The number of hydrogen-bond donors (Lipinski definition) is 1. The Morgan fingerprint density at radius 1 is 1.39 bits per heavy atom. The van der Waals surface area contributed by atoms with E-state index in [1.54, 1.807) is 0 Å². The maximum atomic E-state index is 12.6. The van der Waals surface area contributed by atoms with Gasteiger partial charge in [0.25, 0.3) is 5.91 Å². The third-order valence-electron chi connectivity index (χ3n) is 5.32. The van der Waals surface area contributed by atoms with Crippen LogP contribution in [-0.2, 0) is 4.84 Å². The average molecular weight is 316 g/mol. The van der Waals surface area contributed by atoms with Gasteiger partial charge in [-0.25, -0.2) is 0 Å². The molecule has 0 radical (unpaired) electrons. The van der Waals surface area contributed by atoms with Gasteiger partial charge in [-0.3, -0.25) is 9.89 Å². The predicted octanol–water partition coefficient (Wildman–Crippen LogP) is 2.41. The highest BCUT2D eigenvalue weighted by Gasteiger charge is 2.60. The highest BCUT2D eigenvalue weighted by atomic mass is 16.7. The molecule has 1 saturated heterocycles. The van der Waals surface area contributed by atoms with Crippen LogP contribution in [-0.4, -0.2) is 45.4 Å². The normalized spacial score (nSPS) is 31.1. The zero-order chi connectivity index (χ0) is 16.4. The molecule has 1 amide bonds. The quantitative estimate of drug-likeness (QED) is 0.931. The molecule has 1 aliphatic carbocycles. The van der Waals surface area contributed by atoms with Gasteiger partial charge < -0.3 is 9.74 Å². The molecule has 0 spiro atoms. The van der Waals surface area contributed by atoms with Crippen molar-refractivity contribution in [1.29, 1.82) is 0 Å². The maximum absolute atomic E-state index is 12.6. The van der Waals surface area contributed by atoms with Crippen LogP contribution in [0.15, 0.2) is 11.2 Å². The first-order valence-electron chi connectivity index (χ1n) is 8.45. The summed E-state index contributed by atoms with van der Waals surface area (Å²) < 4.78 is 0. The van der Waals surface area contributed by atoms with Crippen molar-refractivity contribution in [2.24, 2.45) is 22.9 Å². The number of piperidine rings is 1. The van der Waals surface area contributed by atoms with Crippen molar-refractivity contribution in [3.05, 3.63) is 17.5 Å². The molecule has 2 unspecified atom stereocenters. The summed E-state index contributed by atoms with van der Waals surface area (Å²) in [4.78, 5) is 20.0. The lowest BCUT2D eigenvalue weighted by molar-refractivity contribution is 0.0123. The van der Waals surface area contributed by atoms with E-state index in [9.17, 15) is 4.79 Å². The van der Waals surface area contributed by atoms with Gasteiger partial charge in [0.15, 0.2) is 0 Å². The van der Waals surface area contributed by atoms with Crippen molar-refractivity contribution < 1.29 is 9.63 Å². The molecule has 1 saturated carbocycles. The van der Waals surface area contributed by atoms with E-state index in [0.29, 0.717) is 29.4 Å². The molecule has 2 atom stereocenters. The molecule has 1 aromatic rings. The van der Waals surface area contributed by atoms with Crippen molar-refractivity contribution in [3.8, 4) is 0 Å². The molecular formula is C17H24N4O2. The van der Waals surface area contributed by atoms with Gasteiger partial charge in [-0.15, -0.1) is 0 Å². The predicted molar refractivity (Wildman–Crippen MR) is 86.3 cm³/mol. The number of carbonyl (C=O) groups is 1. The van der Waals surface area contributed by atoms with Gasteiger partial charge in [0.1, 0.15) is 11.3 Å². The Hall–Kier alpha value is -1.85. The van der Waals surface area contributed by atoms with E-state index in [1.165, 1.54) is 5.71 Å². The van der Waals surface area contributed by atoms with Crippen molar-refractivity contribution in [2.75, 3.05) is 13.1 Å². The molecule has 1 aromatic heterocycles. The second-order valence-corrected chi connectivity index (χ2v) is 8.04. The Kier molecular flexibility index (Phi) is 3.09. The molecule has 23 heavy (non-hydrogen) atoms. The topological polar surface area (TPSA) is 70.6 Å². The van der Waals surface area contributed by atoms with Crippen molar-refractivity contribution in [3.63, 3.8) is 0 Å². The number of amides is 1. The standard InChI is InChI=1S/C17H24N4O2/c1-9(2)12-5-13(19-18-12)16(22)21-7-10-11(8-21)15(10)14-6-17(3,4)23-20-14/h5,9-11,15H,6-8H2,1-4H3,(H,18,19). The van der Waals surface area contributed by atoms with E-state index in [0.717, 1.165) is 25.2 Å². The fourth-order valence-electron chi connectivity index (χ4n) is 3.95. The minimum Gasteiger partial charge on any atom is -0.389 e. The highest BCUT2D eigenvalue weighted by Crippen LogP contribution is 2.54. The summed E-state index contributed by atoms with van der Waals surface area (Å²) in [6.07, 6.45) is 0.912. The lowest BCUT2D eigenvalue weighted by atomic mass is 9.98. The van der Waals surface area contributed by atoms with Gasteiger partial charge in [0.2, 0.25) is 0 Å². The van der Waals surface area contributed by atoms with Crippen LogP contribution in [0.4, 0.5) is 0 Å². The molecule has 0 bridgehead atoms. The summed E-state index contributed by atoms with van der Waals surface area (Å²) in [6, 6.07) is 1.88. The van der Waals surface area contributed by atoms with E-state index in [4.69, 9.17) is 4.84 Å². The van der Waals surface area contributed by atoms with Crippen LogP contribution in [0.3, 0.4) is 0 Å². The third kappa shape index (κ3) is 2.44. The Balaban J connectivity index is 1.37. The first-order chi connectivity index (χ1) is 10.9. The number of hydrogen-bond acceptors (Lipinski definition) is 4. The first-order valence-corrected chi connectivity index (χ1v) is 8.45. The smallest absolute Gasteiger partial charge is 0.274 e. The zero-order valence-electron chi connectivity index (χ0n) is 14.2. The van der Waals surface area contributed by atoms with Gasteiger partial charge >= 0.3 is 0 Å². The number of rotatable bonds is 3. The number of oxime groups is 1. The third-order valence-corrected chi connectivity index (χ3v) is 5.32. The lowest BCUT2D eigenvalue weighted by Crippen LogP contribution is -2.33. The number of aromatic nitrogens is 2. The van der Waals surface area contributed by atoms with Gasteiger partial charge in [0.05, 0.1) is 5.71 Å². The summed E-state index contributed by atoms with van der Waals surface area (Å²) in [7, 11) is 0. The van der Waals surface area contributed by atoms with E-state index < -0.39 is 0 Å². The zero-order valence-corrected chi connectivity index (χ0v) is 14.2. The molecule has 6 heteroatoms. The summed E-state index contributed by atoms with van der Waals surface area (Å²) >= 11 is 0. The van der Waals surface area contributed by atoms with Gasteiger partial charge in [-0.2, -0.15) is 5.10 Å². The van der Waals surface area contributed by atoms with Crippen LogP contribution in [0, 0.1) is 17.8 Å². The van der Waals surface area contributed by atoms with Crippen LogP contribution in [0.1, 0.15) is 56.2 Å². The summed E-state index contributed by atoms with van der Waals surface area (Å²) in [6.45, 7) is 9.95. The number of likely N-dealkylation sites (tertiary alicyclic amines) is 1. The van der Waals surface area contributed by atoms with E-state index >= 15 is 0 Å². The van der Waals surface area contributed by atoms with Crippen LogP contribution in [0.2, 0.25) is 0 Å². The fourth-order valence-corrected chi connectivity index (χ4v) is 3.95. The Morgan fingerprint density at radius 3 is 2.61 bits per heavy atom. The van der Waals surface area contributed by atoms with Crippen molar-refractivity contribution >= 4 is 11.6 Å². The second-order valence-electron chi connectivity index (χ2n) is 8.04. The number of H-pyrrole nitrogens is 1. The average Bonchev–Trinajstić information content (AvgIpc) is 2.96. The minimum atomic E-state index is -0.163. The number of nitrogens with zero attached hydrogens (tertiary/aromatic N) is 3. The summed E-state index contributed by atoms with van der Waals surface area (Å²) in [5, 5.41) is 11.4. The highest BCUT2D eigenvalue weighted by molar-refractivity contribution is 5.94. The second kappa shape index (κ2) is 4.82. The van der Waals surface area contributed by atoms with Crippen LogP contribution in [0.5, 0.6) is 0 Å². The molecular weight excluding hydrogens is 292 g/mol. The molecule has 3 heterocycles. The van der Waals surface area contributed by atoms with E-state index in [2.05, 4.69) is 43.0 Å². The molecule has 1 N–H and O–H groups in total. The van der Waals surface area contributed by atoms with Gasteiger partial charge in [0, 0.05) is 31.1 Å². The first kappa shape index (κ1) is 14.7. The number of carbonyl (C=O) groups excluding carboxylic acids is 1. The number of nitrogens with one attached hydrogen (secondary N) is 1. The minimum absolute atomic E-state index is 0.0454. The number of fused-ring (bicyclic) bond motifs is 1.